The number of hydrogen-bond donors (Lipinski definition) is 2. The maximum Gasteiger partial charge on any atom is 0.326 e. The number of carboxylic acids is 1. The molecule has 1 atom stereocenters. The molecule has 1 saturated heterocycles. The van der Waals surface area contributed by atoms with Gasteiger partial charge in [-0.15, -0.1) is 0 Å². The Hall–Kier alpha value is -1.26. The molecule has 62 valence electrons. The maximum absolute atomic E-state index is 10.5. The molecule has 0 aromatic rings. The van der Waals surface area contributed by atoms with Crippen molar-refractivity contribution in [3.63, 3.8) is 0 Å². The number of nitrogens with zero attached hydrogens (tertiary/aromatic N) is 2. The van der Waals surface area contributed by atoms with Gasteiger partial charge in [0.15, 0.2) is 0 Å². The van der Waals surface area contributed by atoms with Gasteiger partial charge < -0.3 is 15.8 Å². The molecule has 0 amide bonds. The van der Waals surface area contributed by atoms with Gasteiger partial charge in [0, 0.05) is 6.54 Å². The molecule has 11 heavy (non-hydrogen) atoms. The minimum Gasteiger partial charge on any atom is -0.480 e. The number of rotatable bonds is 2. The molecule has 0 aromatic heterocycles. The van der Waals surface area contributed by atoms with E-state index in [9.17, 15) is 4.79 Å². The van der Waals surface area contributed by atoms with Gasteiger partial charge in [-0.2, -0.15) is 5.10 Å². The molecule has 5 nitrogen and oxygen atoms in total. The molecule has 0 spiro atoms. The Kier molecular flexibility index (Phi) is 2.30. The molecule has 0 aromatic carbocycles. The smallest absolute Gasteiger partial charge is 0.326 e. The lowest BCUT2D eigenvalue weighted by Gasteiger charge is -2.16. The highest BCUT2D eigenvalue weighted by Crippen LogP contribution is 2.14. The van der Waals surface area contributed by atoms with Gasteiger partial charge in [-0.1, -0.05) is 0 Å². The Balaban J connectivity index is 2.57. The van der Waals surface area contributed by atoms with E-state index in [1.807, 2.05) is 0 Å². The Morgan fingerprint density at radius 2 is 2.55 bits per heavy atom. The van der Waals surface area contributed by atoms with Gasteiger partial charge in [-0.05, 0) is 12.8 Å². The van der Waals surface area contributed by atoms with Crippen LogP contribution in [0.4, 0.5) is 0 Å². The third-order valence-corrected chi connectivity index (χ3v) is 1.79. The Morgan fingerprint density at radius 3 is 3.09 bits per heavy atom. The summed E-state index contributed by atoms with van der Waals surface area (Å²) in [5, 5.41) is 12.0. The van der Waals surface area contributed by atoms with Gasteiger partial charge in [0.1, 0.15) is 12.4 Å². The first kappa shape index (κ1) is 7.84. The first-order chi connectivity index (χ1) is 5.25. The SMILES string of the molecule is N/N=C/N1CCC[C@H]1C(=O)O. The fourth-order valence-electron chi connectivity index (χ4n) is 1.28. The molecule has 0 aliphatic carbocycles. The van der Waals surface area contributed by atoms with Crippen LogP contribution < -0.4 is 5.84 Å². The topological polar surface area (TPSA) is 78.9 Å². The van der Waals surface area contributed by atoms with Crippen LogP contribution >= 0.6 is 0 Å². The number of likely N-dealkylation sites (tertiary alicyclic amines) is 1. The van der Waals surface area contributed by atoms with Gasteiger partial charge in [-0.3, -0.25) is 0 Å². The second-order valence-electron chi connectivity index (χ2n) is 2.50. The summed E-state index contributed by atoms with van der Waals surface area (Å²) in [5.41, 5.74) is 0. The highest BCUT2D eigenvalue weighted by molar-refractivity contribution is 5.77. The summed E-state index contributed by atoms with van der Waals surface area (Å²) in [4.78, 5) is 12.2. The summed E-state index contributed by atoms with van der Waals surface area (Å²) in [5.74, 6) is 4.10. The van der Waals surface area contributed by atoms with Crippen molar-refractivity contribution in [3.8, 4) is 0 Å². The maximum atomic E-state index is 10.5. The lowest BCUT2D eigenvalue weighted by Crippen LogP contribution is -2.35. The van der Waals surface area contributed by atoms with Crippen molar-refractivity contribution in [2.75, 3.05) is 6.54 Å². The van der Waals surface area contributed by atoms with Gasteiger partial charge in [0.2, 0.25) is 0 Å². The van der Waals surface area contributed by atoms with Crippen molar-refractivity contribution in [1.82, 2.24) is 4.90 Å². The van der Waals surface area contributed by atoms with E-state index in [4.69, 9.17) is 10.9 Å². The van der Waals surface area contributed by atoms with Crippen molar-refractivity contribution in [2.45, 2.75) is 18.9 Å². The monoisotopic (exact) mass is 157 g/mol. The molecule has 3 N–H and O–H groups in total. The third-order valence-electron chi connectivity index (χ3n) is 1.79. The van der Waals surface area contributed by atoms with Crippen LogP contribution in [-0.4, -0.2) is 34.9 Å². The summed E-state index contributed by atoms with van der Waals surface area (Å²) in [7, 11) is 0. The molecule has 1 aliphatic rings. The van der Waals surface area contributed by atoms with E-state index in [1.54, 1.807) is 4.90 Å². The lowest BCUT2D eigenvalue weighted by atomic mass is 10.2. The second kappa shape index (κ2) is 3.23. The van der Waals surface area contributed by atoms with Gasteiger partial charge in [0.25, 0.3) is 0 Å². The van der Waals surface area contributed by atoms with Crippen LogP contribution in [0.5, 0.6) is 0 Å². The number of carboxylic acid groups (broad SMARTS) is 1. The van der Waals surface area contributed by atoms with Crippen molar-refractivity contribution in [3.05, 3.63) is 0 Å². The first-order valence-corrected chi connectivity index (χ1v) is 3.47. The first-order valence-electron chi connectivity index (χ1n) is 3.47. The zero-order valence-corrected chi connectivity index (χ0v) is 6.10. The van der Waals surface area contributed by atoms with E-state index in [0.717, 1.165) is 13.0 Å². The predicted octanol–water partition coefficient (Wildman–Crippen LogP) is -0.563. The van der Waals surface area contributed by atoms with Crippen molar-refractivity contribution < 1.29 is 9.90 Å². The van der Waals surface area contributed by atoms with Crippen LogP contribution in [0.2, 0.25) is 0 Å². The van der Waals surface area contributed by atoms with E-state index in [0.29, 0.717) is 6.42 Å². The summed E-state index contributed by atoms with van der Waals surface area (Å²) < 4.78 is 0. The van der Waals surface area contributed by atoms with E-state index in [2.05, 4.69) is 5.10 Å². The third kappa shape index (κ3) is 1.60. The van der Waals surface area contributed by atoms with E-state index in [-0.39, 0.29) is 0 Å². The Morgan fingerprint density at radius 1 is 1.82 bits per heavy atom. The molecule has 0 bridgehead atoms. The molecule has 0 radical (unpaired) electrons. The molecule has 0 unspecified atom stereocenters. The number of hydrogen-bond acceptors (Lipinski definition) is 3. The van der Waals surface area contributed by atoms with Crippen LogP contribution in [-0.2, 0) is 4.79 Å². The molecule has 1 rings (SSSR count). The molecule has 5 heteroatoms. The normalized spacial score (nSPS) is 24.7. The molecule has 1 aliphatic heterocycles. The molecular weight excluding hydrogens is 146 g/mol. The molecule has 0 saturated carbocycles. The fraction of sp³-hybridized carbons (Fsp3) is 0.667. The van der Waals surface area contributed by atoms with Crippen LogP contribution in [0.1, 0.15) is 12.8 Å². The van der Waals surface area contributed by atoms with Crippen LogP contribution in [0.25, 0.3) is 0 Å². The number of hydrazone groups is 1. The van der Waals surface area contributed by atoms with Crippen molar-refractivity contribution in [1.29, 1.82) is 0 Å². The number of nitrogens with two attached hydrogens (primary N) is 1. The summed E-state index contributed by atoms with van der Waals surface area (Å²) in [6.07, 6.45) is 2.95. The largest absolute Gasteiger partial charge is 0.480 e. The quantitative estimate of drug-likeness (QED) is 0.244. The zero-order chi connectivity index (χ0) is 8.27. The zero-order valence-electron chi connectivity index (χ0n) is 6.10. The fourth-order valence-corrected chi connectivity index (χ4v) is 1.28. The van der Waals surface area contributed by atoms with Gasteiger partial charge in [0.05, 0.1) is 0 Å². The van der Waals surface area contributed by atoms with Gasteiger partial charge >= 0.3 is 5.97 Å². The van der Waals surface area contributed by atoms with Gasteiger partial charge in [-0.25, -0.2) is 4.79 Å². The molecular formula is C6H11N3O2. The van der Waals surface area contributed by atoms with E-state index >= 15 is 0 Å². The van der Waals surface area contributed by atoms with Crippen LogP contribution in [0.15, 0.2) is 5.10 Å². The average Bonchev–Trinajstić information content (AvgIpc) is 2.36. The number of carbonyl (C=O) groups is 1. The van der Waals surface area contributed by atoms with E-state index in [1.165, 1.54) is 6.34 Å². The highest BCUT2D eigenvalue weighted by atomic mass is 16.4. The Labute approximate surface area is 64.5 Å². The summed E-state index contributed by atoms with van der Waals surface area (Å²) in [6.45, 7) is 0.734. The van der Waals surface area contributed by atoms with E-state index < -0.39 is 12.0 Å². The lowest BCUT2D eigenvalue weighted by molar-refractivity contribution is -0.140. The minimum absolute atomic E-state index is 0.428. The highest BCUT2D eigenvalue weighted by Gasteiger charge is 2.28. The predicted molar refractivity (Wildman–Crippen MR) is 40.0 cm³/mol. The second-order valence-corrected chi connectivity index (χ2v) is 2.50. The summed E-state index contributed by atoms with van der Waals surface area (Å²) >= 11 is 0. The van der Waals surface area contributed by atoms with Crippen molar-refractivity contribution >= 4 is 12.3 Å². The molecule has 1 fully saturated rings. The number of aliphatic carboxylic acids is 1. The standard InChI is InChI=1S/C6H11N3O2/c7-8-4-9-3-1-2-5(9)6(10)11/h4-5H,1-3,7H2,(H,10,11)/b8-4+/t5-/m0/s1. The van der Waals surface area contributed by atoms with Crippen molar-refractivity contribution in [2.24, 2.45) is 10.9 Å². The molecule has 1 heterocycles. The Bertz CT molecular complexity index is 181. The summed E-state index contributed by atoms with van der Waals surface area (Å²) in [6, 6.07) is -0.428. The minimum atomic E-state index is -0.803. The van der Waals surface area contributed by atoms with Crippen LogP contribution in [0.3, 0.4) is 0 Å². The van der Waals surface area contributed by atoms with Crippen LogP contribution in [0, 0.1) is 0 Å². The average molecular weight is 157 g/mol.